The summed E-state index contributed by atoms with van der Waals surface area (Å²) in [5.74, 6) is -1.76. The van der Waals surface area contributed by atoms with Crippen molar-refractivity contribution in [3.8, 4) is 0 Å². The van der Waals surface area contributed by atoms with E-state index in [2.05, 4.69) is 30.6 Å². The highest BCUT2D eigenvalue weighted by molar-refractivity contribution is 7.80. The Kier molecular flexibility index (Phi) is 12.1. The molecule has 18 heavy (non-hydrogen) atoms. The second-order valence-corrected chi connectivity index (χ2v) is 4.04. The second kappa shape index (κ2) is 11.2. The molecule has 0 aliphatic rings. The van der Waals surface area contributed by atoms with Crippen molar-refractivity contribution in [3.63, 3.8) is 0 Å². The molecule has 106 valence electrons. The fourth-order valence-electron chi connectivity index (χ4n) is 0.693. The van der Waals surface area contributed by atoms with Crippen LogP contribution in [-0.2, 0) is 14.4 Å². The lowest BCUT2D eigenvalue weighted by Crippen LogP contribution is -2.40. The van der Waals surface area contributed by atoms with Crippen molar-refractivity contribution in [1.82, 2.24) is 5.32 Å². The molecule has 2 atom stereocenters. The van der Waals surface area contributed by atoms with Gasteiger partial charge in [-0.15, -0.1) is 0 Å². The van der Waals surface area contributed by atoms with Crippen LogP contribution < -0.4 is 11.1 Å². The van der Waals surface area contributed by atoms with Crippen molar-refractivity contribution >= 4 is 43.1 Å². The topological polar surface area (TPSA) is 130 Å². The minimum Gasteiger partial charge on any atom is -0.480 e. The highest BCUT2D eigenvalue weighted by atomic mass is 32.1. The second-order valence-electron chi connectivity index (χ2n) is 3.23. The van der Waals surface area contributed by atoms with Gasteiger partial charge in [-0.05, 0) is 12.2 Å². The van der Waals surface area contributed by atoms with E-state index < -0.39 is 24.0 Å². The summed E-state index contributed by atoms with van der Waals surface area (Å²) >= 11 is 7.55. The van der Waals surface area contributed by atoms with Crippen LogP contribution in [0, 0.1) is 0 Å². The fourth-order valence-corrected chi connectivity index (χ4v) is 1.22. The van der Waals surface area contributed by atoms with E-state index in [1.807, 2.05) is 0 Å². The van der Waals surface area contributed by atoms with Gasteiger partial charge in [-0.1, -0.05) is 0 Å². The van der Waals surface area contributed by atoms with Gasteiger partial charge in [0.15, 0.2) is 0 Å². The van der Waals surface area contributed by atoms with Crippen molar-refractivity contribution in [2.75, 3.05) is 11.5 Å². The van der Waals surface area contributed by atoms with Gasteiger partial charge in [0.05, 0.1) is 0 Å². The molecule has 0 bridgehead atoms. The Hall–Kier alpha value is -0.930. The Bertz CT molecular complexity index is 288. The Morgan fingerprint density at radius 3 is 1.83 bits per heavy atom. The molecule has 0 saturated carbocycles. The van der Waals surface area contributed by atoms with Crippen LogP contribution in [0.3, 0.4) is 0 Å². The third kappa shape index (κ3) is 11.6. The van der Waals surface area contributed by atoms with Gasteiger partial charge in [-0.2, -0.15) is 25.3 Å². The third-order valence-corrected chi connectivity index (χ3v) is 2.24. The van der Waals surface area contributed by atoms with Gasteiger partial charge in [-0.3, -0.25) is 9.59 Å². The van der Waals surface area contributed by atoms with Gasteiger partial charge in [0.2, 0.25) is 5.91 Å². The summed E-state index contributed by atoms with van der Waals surface area (Å²) in [5.41, 5.74) is 5.08. The molecule has 1 amide bonds. The van der Waals surface area contributed by atoms with Crippen LogP contribution >= 0.6 is 25.3 Å². The molecule has 0 aliphatic heterocycles. The van der Waals surface area contributed by atoms with Crippen LogP contribution in [-0.4, -0.2) is 51.6 Å². The summed E-state index contributed by atoms with van der Waals surface area (Å²) in [5, 5.41) is 18.7. The number of nitrogens with one attached hydrogen (secondary N) is 1. The van der Waals surface area contributed by atoms with E-state index in [1.54, 1.807) is 0 Å². The normalized spacial score (nSPS) is 12.7. The highest BCUT2D eigenvalue weighted by Crippen LogP contribution is 1.89. The average Bonchev–Trinajstić information content (AvgIpc) is 2.26. The molecule has 9 heteroatoms. The number of rotatable bonds is 6. The number of carboxylic acid groups (broad SMARTS) is 2. The minimum atomic E-state index is -1.06. The molecule has 5 N–H and O–H groups in total. The molecule has 0 fully saturated rings. The number of hydrogen-bond acceptors (Lipinski definition) is 6. The zero-order chi connectivity index (χ0) is 14.7. The molecular formula is C9H18N2O5S2. The van der Waals surface area contributed by atoms with Crippen molar-refractivity contribution in [1.29, 1.82) is 0 Å². The number of thiol groups is 2. The van der Waals surface area contributed by atoms with Crippen molar-refractivity contribution in [2.45, 2.75) is 25.4 Å². The molecule has 7 nitrogen and oxygen atoms in total. The maximum atomic E-state index is 10.3. The summed E-state index contributed by atoms with van der Waals surface area (Å²) in [6, 6.07) is -1.62. The highest BCUT2D eigenvalue weighted by Gasteiger charge is 2.15. The molecular weight excluding hydrogens is 280 g/mol. The molecule has 0 aliphatic carbocycles. The quantitative estimate of drug-likeness (QED) is 0.357. The zero-order valence-electron chi connectivity index (χ0n) is 9.87. The number of hydrogen-bond donors (Lipinski definition) is 6. The van der Waals surface area contributed by atoms with E-state index in [0.29, 0.717) is 12.2 Å². The molecule has 0 rings (SSSR count). The van der Waals surface area contributed by atoms with Gasteiger partial charge in [0.25, 0.3) is 0 Å². The van der Waals surface area contributed by atoms with Gasteiger partial charge >= 0.3 is 11.9 Å². The largest absolute Gasteiger partial charge is 0.480 e. The first-order valence-electron chi connectivity index (χ1n) is 4.96. The predicted molar refractivity (Wildman–Crippen MR) is 73.2 cm³/mol. The molecule has 0 aromatic carbocycles. The first-order chi connectivity index (χ1) is 8.26. The SMILES string of the molecule is CC(=O)N[C@@H](CS)C(=O)O.NC(CCS)C(=O)O. The Labute approximate surface area is 116 Å². The maximum absolute atomic E-state index is 10.3. The molecule has 0 heterocycles. The number of amides is 1. The number of carboxylic acids is 2. The van der Waals surface area contributed by atoms with Crippen molar-refractivity contribution in [2.24, 2.45) is 5.73 Å². The molecule has 0 aromatic rings. The molecule has 1 unspecified atom stereocenters. The summed E-state index contributed by atoms with van der Waals surface area (Å²) in [7, 11) is 0. The fraction of sp³-hybridized carbons (Fsp3) is 0.667. The van der Waals surface area contributed by atoms with E-state index in [4.69, 9.17) is 15.9 Å². The average molecular weight is 298 g/mol. The Balaban J connectivity index is 0. The van der Waals surface area contributed by atoms with Crippen LogP contribution in [0.1, 0.15) is 13.3 Å². The molecule has 0 radical (unpaired) electrons. The minimum absolute atomic E-state index is 0.106. The molecule has 0 aromatic heterocycles. The number of carbonyl (C=O) groups excluding carboxylic acids is 1. The molecule has 0 spiro atoms. The lowest BCUT2D eigenvalue weighted by Gasteiger charge is -2.08. The van der Waals surface area contributed by atoms with E-state index >= 15 is 0 Å². The van der Waals surface area contributed by atoms with Crippen LogP contribution in [0.15, 0.2) is 0 Å². The standard InChI is InChI=1S/C5H9NO3S.C4H9NO2S/c1-3(7)6-4(2-10)5(8)9;5-3(1-2-8)4(6)7/h4,10H,2H2,1H3,(H,6,7)(H,8,9);3,8H,1-2,5H2,(H,6,7)/t4-;/m0./s1. The first-order valence-corrected chi connectivity index (χ1v) is 6.22. The van der Waals surface area contributed by atoms with Crippen LogP contribution in [0.4, 0.5) is 0 Å². The summed E-state index contributed by atoms with van der Waals surface area (Å²) < 4.78 is 0. The third-order valence-electron chi connectivity index (χ3n) is 1.62. The van der Waals surface area contributed by atoms with E-state index in [0.717, 1.165) is 0 Å². The van der Waals surface area contributed by atoms with E-state index in [-0.39, 0.29) is 11.7 Å². The Morgan fingerprint density at radius 1 is 1.22 bits per heavy atom. The van der Waals surface area contributed by atoms with Crippen molar-refractivity contribution < 1.29 is 24.6 Å². The number of aliphatic carboxylic acids is 2. The van der Waals surface area contributed by atoms with Crippen molar-refractivity contribution in [3.05, 3.63) is 0 Å². The summed E-state index contributed by atoms with van der Waals surface area (Å²) in [4.78, 5) is 30.4. The summed E-state index contributed by atoms with van der Waals surface area (Å²) in [6.45, 7) is 1.26. The van der Waals surface area contributed by atoms with Gasteiger partial charge in [-0.25, -0.2) is 4.79 Å². The lowest BCUT2D eigenvalue weighted by atomic mass is 10.2. The number of carbonyl (C=O) groups is 3. The first kappa shape index (κ1) is 19.4. The smallest absolute Gasteiger partial charge is 0.327 e. The monoisotopic (exact) mass is 298 g/mol. The van der Waals surface area contributed by atoms with E-state index in [1.165, 1.54) is 6.92 Å². The van der Waals surface area contributed by atoms with Gasteiger partial charge < -0.3 is 21.3 Å². The summed E-state index contributed by atoms with van der Waals surface area (Å²) in [6.07, 6.45) is 0.429. The molecule has 0 saturated heterocycles. The Morgan fingerprint density at radius 2 is 1.72 bits per heavy atom. The van der Waals surface area contributed by atoms with Crippen LogP contribution in [0.5, 0.6) is 0 Å². The van der Waals surface area contributed by atoms with Crippen LogP contribution in [0.2, 0.25) is 0 Å². The zero-order valence-corrected chi connectivity index (χ0v) is 11.7. The van der Waals surface area contributed by atoms with Gasteiger partial charge in [0, 0.05) is 12.7 Å². The maximum Gasteiger partial charge on any atom is 0.327 e. The van der Waals surface area contributed by atoms with Gasteiger partial charge in [0.1, 0.15) is 12.1 Å². The predicted octanol–water partition coefficient (Wildman–Crippen LogP) is -0.776. The van der Waals surface area contributed by atoms with E-state index in [9.17, 15) is 14.4 Å². The number of nitrogens with two attached hydrogens (primary N) is 1. The van der Waals surface area contributed by atoms with Crippen LogP contribution in [0.25, 0.3) is 0 Å². The lowest BCUT2D eigenvalue weighted by molar-refractivity contribution is -0.140.